The van der Waals surface area contributed by atoms with Crippen molar-refractivity contribution in [2.75, 3.05) is 13.1 Å². The number of nitrogens with zero attached hydrogens (tertiary/aromatic N) is 3. The van der Waals surface area contributed by atoms with E-state index in [-0.39, 0.29) is 11.8 Å². The van der Waals surface area contributed by atoms with Crippen molar-refractivity contribution >= 4 is 5.91 Å². The minimum Gasteiger partial charge on any atom is -0.385 e. The number of piperidine rings is 1. The molecule has 5 nitrogen and oxygen atoms in total. The number of aryl methyl sites for hydroxylation is 1. The molecule has 25 heavy (non-hydrogen) atoms. The third kappa shape index (κ3) is 4.08. The van der Waals surface area contributed by atoms with E-state index in [0.717, 1.165) is 44.1 Å². The van der Waals surface area contributed by atoms with E-state index in [9.17, 15) is 9.90 Å². The summed E-state index contributed by atoms with van der Waals surface area (Å²) in [5, 5.41) is 10.7. The van der Waals surface area contributed by atoms with E-state index in [0.29, 0.717) is 18.3 Å². The lowest BCUT2D eigenvalue weighted by Crippen LogP contribution is -2.45. The third-order valence-electron chi connectivity index (χ3n) is 6.40. The van der Waals surface area contributed by atoms with Crippen LogP contribution in [0.15, 0.2) is 12.4 Å². The van der Waals surface area contributed by atoms with Gasteiger partial charge in [0, 0.05) is 44.4 Å². The molecule has 1 saturated heterocycles. The molecule has 2 atom stereocenters. The highest BCUT2D eigenvalue weighted by Crippen LogP contribution is 2.35. The van der Waals surface area contributed by atoms with Crippen molar-refractivity contribution in [2.24, 2.45) is 30.7 Å². The van der Waals surface area contributed by atoms with Crippen LogP contribution in [0.5, 0.6) is 0 Å². The molecule has 2 heterocycles. The normalized spacial score (nSPS) is 29.0. The number of aliphatic hydroxyl groups excluding tert-OH is 1. The van der Waals surface area contributed by atoms with Crippen LogP contribution in [0, 0.1) is 23.7 Å². The van der Waals surface area contributed by atoms with Crippen LogP contribution < -0.4 is 0 Å². The van der Waals surface area contributed by atoms with Gasteiger partial charge in [0.1, 0.15) is 11.9 Å². The first-order valence-corrected chi connectivity index (χ1v) is 9.91. The zero-order valence-corrected chi connectivity index (χ0v) is 15.9. The number of aromatic nitrogens is 2. The smallest absolute Gasteiger partial charge is 0.225 e. The number of carbonyl (C=O) groups excluding carboxylic acids is 1. The van der Waals surface area contributed by atoms with Crippen molar-refractivity contribution < 1.29 is 9.90 Å². The molecule has 0 aromatic carbocycles. The summed E-state index contributed by atoms with van der Waals surface area (Å²) in [6.07, 6.45) is 9.34. The second kappa shape index (κ2) is 7.90. The number of hydrogen-bond donors (Lipinski definition) is 1. The van der Waals surface area contributed by atoms with Gasteiger partial charge in [-0.2, -0.15) is 0 Å². The molecule has 1 N–H and O–H groups in total. The van der Waals surface area contributed by atoms with Crippen LogP contribution in [-0.4, -0.2) is 38.6 Å². The van der Waals surface area contributed by atoms with Crippen molar-refractivity contribution in [3.05, 3.63) is 18.2 Å². The van der Waals surface area contributed by atoms with E-state index >= 15 is 0 Å². The van der Waals surface area contributed by atoms with Gasteiger partial charge in [0.25, 0.3) is 0 Å². The first-order valence-electron chi connectivity index (χ1n) is 9.91. The number of amides is 1. The predicted molar refractivity (Wildman–Crippen MR) is 97.8 cm³/mol. The zero-order valence-electron chi connectivity index (χ0n) is 15.9. The van der Waals surface area contributed by atoms with E-state index in [4.69, 9.17) is 0 Å². The lowest BCUT2D eigenvalue weighted by molar-refractivity contribution is -0.139. The summed E-state index contributed by atoms with van der Waals surface area (Å²) < 4.78 is 1.87. The Morgan fingerprint density at radius 3 is 2.52 bits per heavy atom. The summed E-state index contributed by atoms with van der Waals surface area (Å²) in [6.45, 7) is 6.09. The Labute approximate surface area is 151 Å². The molecule has 2 fully saturated rings. The average Bonchev–Trinajstić information content (AvgIpc) is 3.06. The summed E-state index contributed by atoms with van der Waals surface area (Å²) in [5.41, 5.74) is 0. The average molecular weight is 348 g/mol. The number of aliphatic hydroxyl groups is 1. The van der Waals surface area contributed by atoms with E-state index in [1.54, 1.807) is 6.20 Å². The molecule has 1 aromatic rings. The topological polar surface area (TPSA) is 58.4 Å². The van der Waals surface area contributed by atoms with Gasteiger partial charge in [-0.1, -0.05) is 13.8 Å². The van der Waals surface area contributed by atoms with Gasteiger partial charge >= 0.3 is 0 Å². The maximum absolute atomic E-state index is 13.0. The molecule has 1 amide bonds. The Hall–Kier alpha value is -1.36. The Kier molecular flexibility index (Phi) is 5.82. The van der Waals surface area contributed by atoms with Gasteiger partial charge in [-0.25, -0.2) is 4.98 Å². The largest absolute Gasteiger partial charge is 0.385 e. The molecule has 2 unspecified atom stereocenters. The summed E-state index contributed by atoms with van der Waals surface area (Å²) >= 11 is 0. The molecule has 0 bridgehead atoms. The lowest BCUT2D eigenvalue weighted by atomic mass is 9.76. The number of rotatable bonds is 4. The van der Waals surface area contributed by atoms with Gasteiger partial charge < -0.3 is 14.6 Å². The molecule has 1 aromatic heterocycles. The molecule has 0 radical (unpaired) electrons. The van der Waals surface area contributed by atoms with Gasteiger partial charge in [0.2, 0.25) is 5.91 Å². The van der Waals surface area contributed by atoms with Crippen molar-refractivity contribution in [1.29, 1.82) is 0 Å². The lowest BCUT2D eigenvalue weighted by Gasteiger charge is -2.38. The van der Waals surface area contributed by atoms with Crippen molar-refractivity contribution in [3.8, 4) is 0 Å². The number of imidazole rings is 1. The fourth-order valence-corrected chi connectivity index (χ4v) is 4.63. The Morgan fingerprint density at radius 2 is 1.92 bits per heavy atom. The monoisotopic (exact) mass is 347 g/mol. The summed E-state index contributed by atoms with van der Waals surface area (Å²) in [4.78, 5) is 19.3. The molecule has 2 aliphatic rings. The zero-order chi connectivity index (χ0) is 18.0. The number of hydrogen-bond acceptors (Lipinski definition) is 3. The molecule has 0 spiro atoms. The van der Waals surface area contributed by atoms with E-state index in [2.05, 4.69) is 18.8 Å². The number of carbonyl (C=O) groups is 1. The van der Waals surface area contributed by atoms with Crippen molar-refractivity contribution in [2.45, 2.75) is 58.5 Å². The summed E-state index contributed by atoms with van der Waals surface area (Å²) in [7, 11) is 1.91. The maximum atomic E-state index is 13.0. The van der Waals surface area contributed by atoms with Gasteiger partial charge in [-0.15, -0.1) is 0 Å². The van der Waals surface area contributed by atoms with Crippen LogP contribution in [0.3, 0.4) is 0 Å². The van der Waals surface area contributed by atoms with Crippen LogP contribution in [0.1, 0.15) is 64.3 Å². The molecule has 5 heteroatoms. The first kappa shape index (κ1) is 18.4. The van der Waals surface area contributed by atoms with Crippen LogP contribution >= 0.6 is 0 Å². The van der Waals surface area contributed by atoms with Gasteiger partial charge in [0.15, 0.2) is 0 Å². The fraction of sp³-hybridized carbons (Fsp3) is 0.800. The van der Waals surface area contributed by atoms with Gasteiger partial charge in [-0.05, 0) is 50.4 Å². The highest BCUT2D eigenvalue weighted by molar-refractivity contribution is 5.79. The second-order valence-corrected chi connectivity index (χ2v) is 8.38. The Bertz CT molecular complexity index is 575. The predicted octanol–water partition coefficient (Wildman–Crippen LogP) is 3.15. The Balaban J connectivity index is 1.58. The van der Waals surface area contributed by atoms with E-state index < -0.39 is 6.10 Å². The molecular formula is C20H33N3O2. The fourth-order valence-electron chi connectivity index (χ4n) is 4.63. The molecule has 1 aliphatic carbocycles. The summed E-state index contributed by atoms with van der Waals surface area (Å²) in [6, 6.07) is 0. The van der Waals surface area contributed by atoms with E-state index in [1.807, 2.05) is 22.7 Å². The summed E-state index contributed by atoms with van der Waals surface area (Å²) in [5.74, 6) is 2.81. The van der Waals surface area contributed by atoms with Crippen LogP contribution in [0.2, 0.25) is 0 Å². The molecule has 3 rings (SSSR count). The van der Waals surface area contributed by atoms with E-state index in [1.165, 1.54) is 12.8 Å². The quantitative estimate of drug-likeness (QED) is 0.910. The standard InChI is InChI=1S/C20H33N3O2/c1-14(2)15-6-8-16(9-7-15)20(25)23-11-4-5-17(13-23)18(24)19-21-10-12-22(19)3/h10,12,14-18,24H,4-9,11,13H2,1-3H3. The minimum atomic E-state index is -0.590. The highest BCUT2D eigenvalue weighted by Gasteiger charge is 2.35. The van der Waals surface area contributed by atoms with Crippen LogP contribution in [0.4, 0.5) is 0 Å². The second-order valence-electron chi connectivity index (χ2n) is 8.38. The Morgan fingerprint density at radius 1 is 1.20 bits per heavy atom. The molecule has 1 saturated carbocycles. The van der Waals surface area contributed by atoms with Crippen LogP contribution in [0.25, 0.3) is 0 Å². The highest BCUT2D eigenvalue weighted by atomic mass is 16.3. The third-order valence-corrected chi connectivity index (χ3v) is 6.40. The minimum absolute atomic E-state index is 0.0887. The first-order chi connectivity index (χ1) is 12.0. The SMILES string of the molecule is CC(C)C1CCC(C(=O)N2CCCC(C(O)c3nccn3C)C2)CC1. The van der Waals surface area contributed by atoms with Gasteiger partial charge in [-0.3, -0.25) is 4.79 Å². The van der Waals surface area contributed by atoms with Crippen molar-refractivity contribution in [3.63, 3.8) is 0 Å². The van der Waals surface area contributed by atoms with Crippen molar-refractivity contribution in [1.82, 2.24) is 14.5 Å². The molecule has 1 aliphatic heterocycles. The maximum Gasteiger partial charge on any atom is 0.225 e. The van der Waals surface area contributed by atoms with Crippen LogP contribution in [-0.2, 0) is 11.8 Å². The van der Waals surface area contributed by atoms with Gasteiger partial charge in [0.05, 0.1) is 0 Å². The molecular weight excluding hydrogens is 314 g/mol. The number of likely N-dealkylation sites (tertiary alicyclic amines) is 1. The molecule has 140 valence electrons.